The fraction of sp³-hybridized carbons (Fsp3) is 0.467. The van der Waals surface area contributed by atoms with Crippen molar-refractivity contribution in [3.8, 4) is 5.75 Å². The molecule has 0 radical (unpaired) electrons. The highest BCUT2D eigenvalue weighted by atomic mass is 16.5. The van der Waals surface area contributed by atoms with Gasteiger partial charge in [-0.15, -0.1) is 0 Å². The van der Waals surface area contributed by atoms with E-state index in [0.29, 0.717) is 5.75 Å². The van der Waals surface area contributed by atoms with Gasteiger partial charge in [-0.2, -0.15) is 0 Å². The van der Waals surface area contributed by atoms with Gasteiger partial charge in [-0.1, -0.05) is 26.0 Å². The van der Waals surface area contributed by atoms with E-state index < -0.39 is 18.0 Å². The number of benzene rings is 1. The monoisotopic (exact) mass is 294 g/mol. The van der Waals surface area contributed by atoms with E-state index in [1.165, 1.54) is 0 Å². The van der Waals surface area contributed by atoms with E-state index in [1.54, 1.807) is 13.8 Å². The first kappa shape index (κ1) is 16.8. The van der Waals surface area contributed by atoms with Crippen LogP contribution in [0.5, 0.6) is 5.75 Å². The summed E-state index contributed by atoms with van der Waals surface area (Å²) in [5.74, 6) is -0.572. The quantitative estimate of drug-likeness (QED) is 0.701. The van der Waals surface area contributed by atoms with Crippen LogP contribution in [0.15, 0.2) is 18.2 Å². The highest BCUT2D eigenvalue weighted by Gasteiger charge is 2.23. The molecule has 21 heavy (non-hydrogen) atoms. The molecule has 0 aromatic heterocycles. The zero-order chi connectivity index (χ0) is 16.0. The highest BCUT2D eigenvalue weighted by Crippen LogP contribution is 2.19. The Hall–Kier alpha value is -2.24. The van der Waals surface area contributed by atoms with E-state index in [9.17, 15) is 9.59 Å². The number of rotatable bonds is 6. The van der Waals surface area contributed by atoms with Crippen molar-refractivity contribution >= 4 is 12.0 Å². The molecule has 0 saturated carbocycles. The fourth-order valence-electron chi connectivity index (χ4n) is 1.77. The third-order valence-electron chi connectivity index (χ3n) is 3.23. The number of hydrogen-bond acceptors (Lipinski definition) is 3. The van der Waals surface area contributed by atoms with E-state index >= 15 is 0 Å². The number of carbonyl (C=O) groups excluding carboxylic acids is 1. The van der Waals surface area contributed by atoms with Crippen molar-refractivity contribution in [1.29, 1.82) is 0 Å². The number of urea groups is 1. The highest BCUT2D eigenvalue weighted by molar-refractivity contribution is 5.82. The van der Waals surface area contributed by atoms with Crippen molar-refractivity contribution in [3.63, 3.8) is 0 Å². The van der Waals surface area contributed by atoms with E-state index in [2.05, 4.69) is 10.6 Å². The first-order valence-corrected chi connectivity index (χ1v) is 6.79. The summed E-state index contributed by atoms with van der Waals surface area (Å²) in [6.07, 6.45) is 0. The van der Waals surface area contributed by atoms with Gasteiger partial charge in [0.2, 0.25) is 0 Å². The Labute approximate surface area is 124 Å². The first-order chi connectivity index (χ1) is 9.82. The van der Waals surface area contributed by atoms with Crippen LogP contribution in [0.25, 0.3) is 0 Å². The zero-order valence-electron chi connectivity index (χ0n) is 12.8. The number of ether oxygens (including phenoxy) is 1. The van der Waals surface area contributed by atoms with Gasteiger partial charge in [-0.25, -0.2) is 9.59 Å². The first-order valence-electron chi connectivity index (χ1n) is 6.79. The fourth-order valence-corrected chi connectivity index (χ4v) is 1.77. The molecule has 0 bridgehead atoms. The molecule has 1 aromatic carbocycles. The van der Waals surface area contributed by atoms with Gasteiger partial charge in [-0.05, 0) is 37.0 Å². The minimum atomic E-state index is -1.06. The second-order valence-electron chi connectivity index (χ2n) is 5.20. The number of aliphatic carboxylic acids is 1. The third kappa shape index (κ3) is 4.98. The molecule has 2 amide bonds. The summed E-state index contributed by atoms with van der Waals surface area (Å²) in [7, 11) is 0. The number of carboxylic acids is 1. The van der Waals surface area contributed by atoms with Gasteiger partial charge in [0.25, 0.3) is 0 Å². The second kappa shape index (κ2) is 7.52. The normalized spacial score (nSPS) is 11.9. The predicted molar refractivity (Wildman–Crippen MR) is 79.3 cm³/mol. The second-order valence-corrected chi connectivity index (χ2v) is 5.20. The topological polar surface area (TPSA) is 87.7 Å². The average Bonchev–Trinajstić information content (AvgIpc) is 2.40. The van der Waals surface area contributed by atoms with E-state index in [4.69, 9.17) is 9.84 Å². The lowest BCUT2D eigenvalue weighted by molar-refractivity contribution is -0.140. The molecule has 116 valence electrons. The molecule has 6 nitrogen and oxygen atoms in total. The van der Waals surface area contributed by atoms with Gasteiger partial charge in [0.15, 0.2) is 6.73 Å². The Morgan fingerprint density at radius 2 is 1.95 bits per heavy atom. The van der Waals surface area contributed by atoms with Crippen molar-refractivity contribution in [1.82, 2.24) is 10.6 Å². The summed E-state index contributed by atoms with van der Waals surface area (Å²) in [6, 6.07) is 4.17. The number of amides is 2. The lowest BCUT2D eigenvalue weighted by atomic mass is 10.1. The van der Waals surface area contributed by atoms with Crippen LogP contribution in [0.1, 0.15) is 25.0 Å². The molecule has 0 aliphatic rings. The third-order valence-corrected chi connectivity index (χ3v) is 3.23. The van der Waals surface area contributed by atoms with Crippen LogP contribution in [0.2, 0.25) is 0 Å². The summed E-state index contributed by atoms with van der Waals surface area (Å²) < 4.78 is 5.47. The maximum Gasteiger partial charge on any atom is 0.326 e. The molecule has 1 aromatic rings. The molecule has 1 atom stereocenters. The van der Waals surface area contributed by atoms with Gasteiger partial charge >= 0.3 is 12.0 Å². The van der Waals surface area contributed by atoms with Crippen molar-refractivity contribution in [2.24, 2.45) is 5.92 Å². The van der Waals surface area contributed by atoms with Crippen molar-refractivity contribution < 1.29 is 19.4 Å². The van der Waals surface area contributed by atoms with Gasteiger partial charge < -0.3 is 20.5 Å². The minimum absolute atomic E-state index is 0.0272. The lowest BCUT2D eigenvalue weighted by Gasteiger charge is -2.18. The van der Waals surface area contributed by atoms with Gasteiger partial charge in [0, 0.05) is 0 Å². The van der Waals surface area contributed by atoms with E-state index in [1.807, 2.05) is 32.0 Å². The van der Waals surface area contributed by atoms with Crippen LogP contribution in [0.4, 0.5) is 4.79 Å². The summed E-state index contributed by atoms with van der Waals surface area (Å²) in [5.41, 5.74) is 2.10. The maximum absolute atomic E-state index is 11.6. The number of carbonyl (C=O) groups is 2. The van der Waals surface area contributed by atoms with Crippen LogP contribution in [-0.4, -0.2) is 29.9 Å². The van der Waals surface area contributed by atoms with Crippen LogP contribution in [0.3, 0.4) is 0 Å². The van der Waals surface area contributed by atoms with Crippen LogP contribution in [-0.2, 0) is 4.79 Å². The number of hydrogen-bond donors (Lipinski definition) is 3. The minimum Gasteiger partial charge on any atom is -0.480 e. The summed E-state index contributed by atoms with van der Waals surface area (Å²) in [5, 5.41) is 13.9. The largest absolute Gasteiger partial charge is 0.480 e. The standard InChI is InChI=1S/C15H22N2O4/c1-9(2)13(14(18)19)17-15(20)16-8-21-12-7-5-6-10(3)11(12)4/h5-7,9,13H,8H2,1-4H3,(H,18,19)(H2,16,17,20). The molecule has 3 N–H and O–H groups in total. The SMILES string of the molecule is Cc1cccc(OCNC(=O)NC(C(=O)O)C(C)C)c1C. The maximum atomic E-state index is 11.6. The Morgan fingerprint density at radius 3 is 2.52 bits per heavy atom. The Kier molecular flexibility index (Phi) is 6.02. The summed E-state index contributed by atoms with van der Waals surface area (Å²) >= 11 is 0. The van der Waals surface area contributed by atoms with Gasteiger partial charge in [0.1, 0.15) is 11.8 Å². The summed E-state index contributed by atoms with van der Waals surface area (Å²) in [6.45, 7) is 7.34. The molecule has 0 aliphatic carbocycles. The lowest BCUT2D eigenvalue weighted by Crippen LogP contribution is -2.49. The Bertz CT molecular complexity index is 514. The smallest absolute Gasteiger partial charge is 0.326 e. The number of carboxylic acid groups (broad SMARTS) is 1. The molecule has 1 unspecified atom stereocenters. The van der Waals surface area contributed by atoms with Crippen molar-refractivity contribution in [2.75, 3.05) is 6.73 Å². The molecule has 6 heteroatoms. The van der Waals surface area contributed by atoms with Crippen molar-refractivity contribution in [2.45, 2.75) is 33.7 Å². The van der Waals surface area contributed by atoms with Gasteiger partial charge in [-0.3, -0.25) is 0 Å². The average molecular weight is 294 g/mol. The van der Waals surface area contributed by atoms with Crippen LogP contribution < -0.4 is 15.4 Å². The zero-order valence-corrected chi connectivity index (χ0v) is 12.8. The molecule has 0 fully saturated rings. The van der Waals surface area contributed by atoms with E-state index in [-0.39, 0.29) is 12.6 Å². The molecule has 0 aliphatic heterocycles. The van der Waals surface area contributed by atoms with Crippen LogP contribution in [0, 0.1) is 19.8 Å². The van der Waals surface area contributed by atoms with E-state index in [0.717, 1.165) is 11.1 Å². The predicted octanol–water partition coefficient (Wildman–Crippen LogP) is 2.05. The van der Waals surface area contributed by atoms with Gasteiger partial charge in [0.05, 0.1) is 0 Å². The molecule has 0 heterocycles. The van der Waals surface area contributed by atoms with Crippen LogP contribution >= 0.6 is 0 Å². The molecular formula is C15H22N2O4. The number of nitrogens with one attached hydrogen (secondary N) is 2. The number of aryl methyl sites for hydroxylation is 1. The molecular weight excluding hydrogens is 272 g/mol. The Balaban J connectivity index is 2.47. The molecule has 0 spiro atoms. The summed E-state index contributed by atoms with van der Waals surface area (Å²) in [4.78, 5) is 22.6. The molecule has 1 rings (SSSR count). The van der Waals surface area contributed by atoms with Crippen molar-refractivity contribution in [3.05, 3.63) is 29.3 Å². The Morgan fingerprint density at radius 1 is 1.29 bits per heavy atom. The molecule has 0 saturated heterocycles.